The van der Waals surface area contributed by atoms with Crippen molar-refractivity contribution in [1.29, 1.82) is 0 Å². The van der Waals surface area contributed by atoms with E-state index in [9.17, 15) is 9.59 Å². The number of halogens is 1. The third-order valence-corrected chi connectivity index (χ3v) is 9.74. The molecular weight excluding hydrogens is 526 g/mol. The summed E-state index contributed by atoms with van der Waals surface area (Å²) in [5.74, 6) is 0.336. The van der Waals surface area contributed by atoms with E-state index in [4.69, 9.17) is 17.3 Å². The number of hydrogen-bond acceptors (Lipinski definition) is 6. The third-order valence-electron chi connectivity index (χ3n) is 9.49. The minimum Gasteiger partial charge on any atom is -0.343 e. The maximum absolute atomic E-state index is 14.0. The van der Waals surface area contributed by atoms with Gasteiger partial charge in [0.15, 0.2) is 0 Å². The zero-order valence-electron chi connectivity index (χ0n) is 23.4. The van der Waals surface area contributed by atoms with Crippen LogP contribution in [0.2, 0.25) is 5.02 Å². The molecule has 3 atom stereocenters. The van der Waals surface area contributed by atoms with Gasteiger partial charge in [0.25, 0.3) is 0 Å². The number of carbonyl (C=O) groups is 2. The molecule has 5 rings (SSSR count). The number of nitrogens with zero attached hydrogens (tertiary/aromatic N) is 4. The molecule has 2 amide bonds. The quantitative estimate of drug-likeness (QED) is 0.404. The van der Waals surface area contributed by atoms with Crippen molar-refractivity contribution in [3.05, 3.63) is 47.5 Å². The molecule has 218 valence electrons. The molecule has 10 heteroatoms. The van der Waals surface area contributed by atoms with E-state index >= 15 is 0 Å². The van der Waals surface area contributed by atoms with Crippen LogP contribution in [0.4, 0.5) is 0 Å². The number of rotatable bonds is 10. The van der Waals surface area contributed by atoms with Gasteiger partial charge in [-0.15, -0.1) is 0 Å². The Kier molecular flexibility index (Phi) is 9.76. The molecule has 2 aliphatic heterocycles. The molecule has 40 heavy (non-hydrogen) atoms. The van der Waals surface area contributed by atoms with Crippen molar-refractivity contribution in [2.45, 2.75) is 95.3 Å². The van der Waals surface area contributed by atoms with Gasteiger partial charge in [0, 0.05) is 37.1 Å². The second kappa shape index (κ2) is 13.4. The van der Waals surface area contributed by atoms with E-state index in [-0.39, 0.29) is 23.3 Å². The summed E-state index contributed by atoms with van der Waals surface area (Å²) in [7, 11) is 0. The predicted molar refractivity (Wildman–Crippen MR) is 156 cm³/mol. The number of piperidine rings is 1. The van der Waals surface area contributed by atoms with Crippen LogP contribution in [0.1, 0.15) is 69.8 Å². The maximum atomic E-state index is 14.0. The van der Waals surface area contributed by atoms with Crippen LogP contribution < -0.4 is 16.4 Å². The van der Waals surface area contributed by atoms with Gasteiger partial charge >= 0.3 is 0 Å². The van der Waals surface area contributed by atoms with E-state index in [1.54, 1.807) is 6.33 Å². The highest BCUT2D eigenvalue weighted by Gasteiger charge is 2.44. The van der Waals surface area contributed by atoms with Gasteiger partial charge in [-0.25, -0.2) is 4.98 Å². The molecule has 9 nitrogen and oxygen atoms in total. The van der Waals surface area contributed by atoms with Gasteiger partial charge in [-0.3, -0.25) is 14.3 Å². The Morgan fingerprint density at radius 2 is 1.85 bits per heavy atom. The van der Waals surface area contributed by atoms with E-state index in [1.165, 1.54) is 32.1 Å². The van der Waals surface area contributed by atoms with Crippen molar-refractivity contribution in [3.8, 4) is 0 Å². The molecule has 2 saturated heterocycles. The highest BCUT2D eigenvalue weighted by atomic mass is 35.5. The van der Waals surface area contributed by atoms with E-state index < -0.39 is 12.1 Å². The summed E-state index contributed by atoms with van der Waals surface area (Å²) in [6.07, 6.45) is 14.7. The van der Waals surface area contributed by atoms with Crippen LogP contribution in [0.3, 0.4) is 0 Å². The first kappa shape index (κ1) is 29.0. The number of likely N-dealkylation sites (tertiary alicyclic amines) is 1. The number of nitrogens with two attached hydrogens (primary N) is 1. The fourth-order valence-electron chi connectivity index (χ4n) is 7.15. The zero-order chi connectivity index (χ0) is 28.0. The van der Waals surface area contributed by atoms with E-state index in [1.807, 2.05) is 40.2 Å². The van der Waals surface area contributed by atoms with Gasteiger partial charge in [-0.2, -0.15) is 5.10 Å². The van der Waals surface area contributed by atoms with Crippen LogP contribution in [0.15, 0.2) is 36.9 Å². The van der Waals surface area contributed by atoms with Crippen LogP contribution in [0.25, 0.3) is 0 Å². The maximum Gasteiger partial charge on any atom is 0.245 e. The smallest absolute Gasteiger partial charge is 0.245 e. The summed E-state index contributed by atoms with van der Waals surface area (Å²) in [4.78, 5) is 33.3. The minimum absolute atomic E-state index is 0.0347. The second-order valence-corrected chi connectivity index (χ2v) is 12.6. The van der Waals surface area contributed by atoms with E-state index in [0.29, 0.717) is 36.9 Å². The van der Waals surface area contributed by atoms with Crippen molar-refractivity contribution >= 4 is 23.4 Å². The fourth-order valence-corrected chi connectivity index (χ4v) is 7.27. The predicted octanol–water partition coefficient (Wildman–Crippen LogP) is 3.32. The topological polar surface area (TPSA) is 118 Å². The molecule has 0 bridgehead atoms. The molecule has 3 heterocycles. The highest BCUT2D eigenvalue weighted by molar-refractivity contribution is 6.30. The molecule has 2 aromatic rings. The zero-order valence-corrected chi connectivity index (χ0v) is 24.2. The van der Waals surface area contributed by atoms with E-state index in [0.717, 1.165) is 44.3 Å². The second-order valence-electron chi connectivity index (χ2n) is 12.1. The lowest BCUT2D eigenvalue weighted by Crippen LogP contribution is -2.56. The summed E-state index contributed by atoms with van der Waals surface area (Å²) in [5.41, 5.74) is 7.37. The average Bonchev–Trinajstić information content (AvgIpc) is 3.69. The van der Waals surface area contributed by atoms with Crippen molar-refractivity contribution in [2.75, 3.05) is 19.6 Å². The summed E-state index contributed by atoms with van der Waals surface area (Å²) < 4.78 is 1.97. The summed E-state index contributed by atoms with van der Waals surface area (Å²) >= 11 is 6.10. The van der Waals surface area contributed by atoms with Crippen LogP contribution in [-0.2, 0) is 22.6 Å². The van der Waals surface area contributed by atoms with Crippen LogP contribution in [0, 0.1) is 11.3 Å². The molecule has 0 radical (unpaired) electrons. The lowest BCUT2D eigenvalue weighted by molar-refractivity contribution is -0.139. The molecule has 1 aromatic carbocycles. The highest BCUT2D eigenvalue weighted by Crippen LogP contribution is 2.47. The Morgan fingerprint density at radius 1 is 1.10 bits per heavy atom. The van der Waals surface area contributed by atoms with Gasteiger partial charge in [-0.1, -0.05) is 43.0 Å². The Morgan fingerprint density at radius 3 is 2.50 bits per heavy atom. The van der Waals surface area contributed by atoms with E-state index in [2.05, 4.69) is 20.7 Å². The molecule has 4 N–H and O–H groups in total. The van der Waals surface area contributed by atoms with Crippen LogP contribution in [-0.4, -0.2) is 69.2 Å². The van der Waals surface area contributed by atoms with Gasteiger partial charge in [0.05, 0.1) is 6.04 Å². The Bertz CT molecular complexity index is 1090. The molecule has 3 fully saturated rings. The molecule has 1 aliphatic carbocycles. The Labute approximate surface area is 242 Å². The molecule has 3 unspecified atom stereocenters. The molecule has 1 aromatic heterocycles. The largest absolute Gasteiger partial charge is 0.343 e. The van der Waals surface area contributed by atoms with Crippen LogP contribution >= 0.6 is 11.6 Å². The van der Waals surface area contributed by atoms with Gasteiger partial charge in [0.1, 0.15) is 18.7 Å². The first-order chi connectivity index (χ1) is 19.4. The normalized spacial score (nSPS) is 23.1. The average molecular weight is 570 g/mol. The number of nitrogens with one attached hydrogen (secondary N) is 2. The van der Waals surface area contributed by atoms with Crippen molar-refractivity contribution in [2.24, 2.45) is 17.1 Å². The van der Waals surface area contributed by atoms with Crippen molar-refractivity contribution in [1.82, 2.24) is 30.3 Å². The molecule has 1 saturated carbocycles. The van der Waals surface area contributed by atoms with Crippen LogP contribution in [0.5, 0.6) is 0 Å². The number of hydrogen-bond donors (Lipinski definition) is 3. The van der Waals surface area contributed by atoms with Gasteiger partial charge in [0.2, 0.25) is 11.8 Å². The Balaban J connectivity index is 1.28. The minimum atomic E-state index is -0.672. The monoisotopic (exact) mass is 569 g/mol. The summed E-state index contributed by atoms with van der Waals surface area (Å²) in [6, 6.07) is 6.40. The SMILES string of the molecule is NC(CC1CCCN1)C(=O)NC(Cc1ccc(Cl)cc1)C(=O)N1CCC(Cn2cncn2)(C2CCCCC2)CC1. The molecule has 3 aliphatic rings. The first-order valence-electron chi connectivity index (χ1n) is 15.1. The summed E-state index contributed by atoms with van der Waals surface area (Å²) in [6.45, 7) is 3.16. The fraction of sp³-hybridized carbons (Fsp3) is 0.667. The van der Waals surface area contributed by atoms with Crippen molar-refractivity contribution < 1.29 is 9.59 Å². The lowest BCUT2D eigenvalue weighted by Gasteiger charge is -2.48. The number of carbonyl (C=O) groups excluding carboxylic acids is 2. The standard InChI is InChI=1S/C30H44ClN7O2/c31-24-10-8-22(9-11-24)17-27(36-28(39)26(32)18-25-7-4-14-34-25)29(40)37-15-12-30(13-16-37,19-38-21-33-20-35-38)23-5-2-1-3-6-23/h8-11,20-21,23,25-27,34H,1-7,12-19,32H2,(H,36,39). The van der Waals surface area contributed by atoms with Crippen molar-refractivity contribution in [3.63, 3.8) is 0 Å². The summed E-state index contributed by atoms with van der Waals surface area (Å²) in [5, 5.41) is 11.5. The third kappa shape index (κ3) is 7.22. The number of amides is 2. The van der Waals surface area contributed by atoms with Gasteiger partial charge < -0.3 is 21.3 Å². The molecule has 0 spiro atoms. The first-order valence-corrected chi connectivity index (χ1v) is 15.4. The Hall–Kier alpha value is -2.49. The number of aromatic nitrogens is 3. The number of benzene rings is 1. The lowest BCUT2D eigenvalue weighted by atomic mass is 9.63. The molecular formula is C30H44ClN7O2. The van der Waals surface area contributed by atoms with Gasteiger partial charge in [-0.05, 0) is 80.5 Å².